The van der Waals surface area contributed by atoms with Crippen LogP contribution in [0, 0.1) is 0 Å². The summed E-state index contributed by atoms with van der Waals surface area (Å²) < 4.78 is 7.36. The molecule has 0 spiro atoms. The lowest BCUT2D eigenvalue weighted by Gasteiger charge is -2.05. The molecule has 6 nitrogen and oxygen atoms in total. The van der Waals surface area contributed by atoms with Crippen LogP contribution in [-0.4, -0.2) is 27.3 Å². The van der Waals surface area contributed by atoms with Crippen LogP contribution in [0.5, 0.6) is 5.75 Å². The highest BCUT2D eigenvalue weighted by Gasteiger charge is 2.07. The van der Waals surface area contributed by atoms with Crippen LogP contribution in [-0.2, 0) is 0 Å². The molecule has 2 aromatic rings. The minimum absolute atomic E-state index is 0.243. The molecule has 15 heavy (non-hydrogen) atoms. The van der Waals surface area contributed by atoms with Crippen LogP contribution in [0.3, 0.4) is 0 Å². The van der Waals surface area contributed by atoms with Crippen LogP contribution in [0.2, 0.25) is 0 Å². The molecule has 0 atom stereocenters. The van der Waals surface area contributed by atoms with Gasteiger partial charge < -0.3 is 10.5 Å². The molecule has 0 amide bonds. The number of hydrogen-bond acceptors (Lipinski definition) is 5. The first-order valence-corrected chi connectivity index (χ1v) is 4.89. The van der Waals surface area contributed by atoms with Gasteiger partial charge in [0.05, 0.1) is 17.3 Å². The number of halogens is 1. The summed E-state index contributed by atoms with van der Waals surface area (Å²) in [6, 6.07) is 5.45. The minimum atomic E-state index is 0.243. The second-order valence-corrected chi connectivity index (χ2v) is 3.62. The number of rotatable bonds is 2. The molecule has 1 heterocycles. The fourth-order valence-corrected chi connectivity index (χ4v) is 1.69. The molecule has 0 radical (unpaired) electrons. The summed E-state index contributed by atoms with van der Waals surface area (Å²) >= 11 is 3.37. The van der Waals surface area contributed by atoms with Gasteiger partial charge in [-0.2, -0.15) is 4.68 Å². The fraction of sp³-hybridized carbons (Fsp3) is 0.125. The van der Waals surface area contributed by atoms with Gasteiger partial charge in [0.15, 0.2) is 0 Å². The molecule has 0 aliphatic carbocycles. The molecule has 1 aromatic carbocycles. The first-order chi connectivity index (χ1) is 7.22. The van der Waals surface area contributed by atoms with E-state index in [1.165, 1.54) is 4.68 Å². The molecule has 1 aromatic heterocycles. The van der Waals surface area contributed by atoms with Crippen molar-refractivity contribution in [2.45, 2.75) is 0 Å². The van der Waals surface area contributed by atoms with Gasteiger partial charge in [-0.3, -0.25) is 0 Å². The van der Waals surface area contributed by atoms with Gasteiger partial charge >= 0.3 is 0 Å². The van der Waals surface area contributed by atoms with Gasteiger partial charge in [0.2, 0.25) is 5.95 Å². The van der Waals surface area contributed by atoms with Crippen LogP contribution in [0.1, 0.15) is 0 Å². The highest BCUT2D eigenvalue weighted by atomic mass is 79.9. The number of methoxy groups -OCH3 is 1. The van der Waals surface area contributed by atoms with Crippen LogP contribution < -0.4 is 10.5 Å². The molecular weight excluding hydrogens is 262 g/mol. The highest BCUT2D eigenvalue weighted by molar-refractivity contribution is 9.10. The zero-order valence-corrected chi connectivity index (χ0v) is 9.47. The maximum absolute atomic E-state index is 5.57. The third kappa shape index (κ3) is 1.78. The Balaban J connectivity index is 2.47. The topological polar surface area (TPSA) is 78.8 Å². The summed E-state index contributed by atoms with van der Waals surface area (Å²) in [7, 11) is 1.60. The van der Waals surface area contributed by atoms with E-state index in [4.69, 9.17) is 10.5 Å². The molecule has 0 bridgehead atoms. The number of nitrogens with two attached hydrogens (primary N) is 1. The summed E-state index contributed by atoms with van der Waals surface area (Å²) in [5, 5.41) is 10.8. The van der Waals surface area contributed by atoms with Gasteiger partial charge in [0, 0.05) is 0 Å². The van der Waals surface area contributed by atoms with E-state index < -0.39 is 0 Å². The van der Waals surface area contributed by atoms with Crippen LogP contribution in [0.15, 0.2) is 22.7 Å². The number of nitrogen functional groups attached to an aromatic ring is 1. The van der Waals surface area contributed by atoms with Crippen LogP contribution >= 0.6 is 15.9 Å². The van der Waals surface area contributed by atoms with E-state index in [1.54, 1.807) is 13.2 Å². The van der Waals surface area contributed by atoms with Crippen molar-refractivity contribution in [1.29, 1.82) is 0 Å². The molecule has 0 unspecified atom stereocenters. The number of ether oxygens (including phenoxy) is 1. The van der Waals surface area contributed by atoms with Gasteiger partial charge in [-0.25, -0.2) is 0 Å². The lowest BCUT2D eigenvalue weighted by atomic mass is 10.3. The van der Waals surface area contributed by atoms with Crippen molar-refractivity contribution in [3.05, 3.63) is 22.7 Å². The molecule has 2 N–H and O–H groups in total. The molecular formula is C8H8BrN5O. The van der Waals surface area contributed by atoms with Gasteiger partial charge in [-0.05, 0) is 44.6 Å². The second-order valence-electron chi connectivity index (χ2n) is 2.77. The summed E-state index contributed by atoms with van der Waals surface area (Å²) in [5.41, 5.74) is 6.34. The quantitative estimate of drug-likeness (QED) is 0.881. The Morgan fingerprint density at radius 3 is 2.80 bits per heavy atom. The largest absolute Gasteiger partial charge is 0.496 e. The van der Waals surface area contributed by atoms with Crippen molar-refractivity contribution in [1.82, 2.24) is 20.2 Å². The van der Waals surface area contributed by atoms with Crippen molar-refractivity contribution in [2.24, 2.45) is 0 Å². The van der Waals surface area contributed by atoms with Crippen LogP contribution in [0.4, 0.5) is 5.95 Å². The first-order valence-electron chi connectivity index (χ1n) is 4.10. The average Bonchev–Trinajstić information content (AvgIpc) is 2.64. The Morgan fingerprint density at radius 1 is 1.47 bits per heavy atom. The number of hydrogen-bond donors (Lipinski definition) is 1. The monoisotopic (exact) mass is 269 g/mol. The normalized spacial score (nSPS) is 10.3. The third-order valence-corrected chi connectivity index (χ3v) is 2.49. The molecule has 0 aliphatic heterocycles. The number of benzene rings is 1. The number of nitrogens with zero attached hydrogens (tertiary/aromatic N) is 4. The maximum Gasteiger partial charge on any atom is 0.245 e. The van der Waals surface area contributed by atoms with E-state index in [1.807, 2.05) is 12.1 Å². The maximum atomic E-state index is 5.57. The molecule has 0 aliphatic rings. The van der Waals surface area contributed by atoms with E-state index in [0.29, 0.717) is 0 Å². The fourth-order valence-electron chi connectivity index (χ4n) is 1.16. The van der Waals surface area contributed by atoms with Crippen molar-refractivity contribution >= 4 is 21.9 Å². The Morgan fingerprint density at radius 2 is 2.27 bits per heavy atom. The van der Waals surface area contributed by atoms with Crippen molar-refractivity contribution in [3.63, 3.8) is 0 Å². The standard InChI is InChI=1S/C8H8BrN5O/c1-15-7-3-2-5(4-6(7)9)14-8(10)11-12-13-14/h2-4H,1H3,(H2,10,11,13). The Labute approximate surface area is 94.2 Å². The zero-order valence-electron chi connectivity index (χ0n) is 7.88. The second kappa shape index (κ2) is 3.85. The molecule has 0 saturated heterocycles. The average molecular weight is 270 g/mol. The van der Waals surface area contributed by atoms with Crippen LogP contribution in [0.25, 0.3) is 5.69 Å². The lowest BCUT2D eigenvalue weighted by Crippen LogP contribution is -2.02. The molecule has 78 valence electrons. The van der Waals surface area contributed by atoms with E-state index >= 15 is 0 Å². The predicted molar refractivity (Wildman–Crippen MR) is 57.8 cm³/mol. The summed E-state index contributed by atoms with van der Waals surface area (Å²) in [5.74, 6) is 0.984. The minimum Gasteiger partial charge on any atom is -0.496 e. The summed E-state index contributed by atoms with van der Waals surface area (Å²) in [4.78, 5) is 0. The molecule has 7 heteroatoms. The van der Waals surface area contributed by atoms with Gasteiger partial charge in [0.25, 0.3) is 0 Å². The Bertz CT molecular complexity index is 484. The predicted octanol–water partition coefficient (Wildman–Crippen LogP) is 1.02. The van der Waals surface area contributed by atoms with Crippen molar-refractivity contribution < 1.29 is 4.74 Å². The van der Waals surface area contributed by atoms with E-state index in [2.05, 4.69) is 31.5 Å². The van der Waals surface area contributed by atoms with Gasteiger partial charge in [-0.15, -0.1) is 0 Å². The van der Waals surface area contributed by atoms with Gasteiger partial charge in [0.1, 0.15) is 5.75 Å². The SMILES string of the molecule is COc1ccc(-n2nnnc2N)cc1Br. The number of anilines is 1. The number of aromatic nitrogens is 4. The Hall–Kier alpha value is -1.63. The summed E-state index contributed by atoms with van der Waals surface area (Å²) in [6.45, 7) is 0. The van der Waals surface area contributed by atoms with Crippen molar-refractivity contribution in [2.75, 3.05) is 12.8 Å². The van der Waals surface area contributed by atoms with E-state index in [-0.39, 0.29) is 5.95 Å². The van der Waals surface area contributed by atoms with Gasteiger partial charge in [-0.1, -0.05) is 5.10 Å². The molecule has 2 rings (SSSR count). The lowest BCUT2D eigenvalue weighted by molar-refractivity contribution is 0.412. The first kappa shape index (κ1) is 9.91. The zero-order chi connectivity index (χ0) is 10.8. The summed E-state index contributed by atoms with van der Waals surface area (Å²) in [6.07, 6.45) is 0. The Kier molecular flexibility index (Phi) is 2.55. The molecule has 0 saturated carbocycles. The van der Waals surface area contributed by atoms with E-state index in [9.17, 15) is 0 Å². The smallest absolute Gasteiger partial charge is 0.245 e. The molecule has 0 fully saturated rings. The highest BCUT2D eigenvalue weighted by Crippen LogP contribution is 2.27. The van der Waals surface area contributed by atoms with Crippen molar-refractivity contribution in [3.8, 4) is 11.4 Å². The van der Waals surface area contributed by atoms with E-state index in [0.717, 1.165) is 15.9 Å². The number of tetrazole rings is 1. The third-order valence-electron chi connectivity index (χ3n) is 1.87.